The molecular formula is C6H13NO2S. The molecule has 10 heavy (non-hydrogen) atoms. The number of hydrogen-bond acceptors (Lipinski definition) is 4. The van der Waals surface area contributed by atoms with E-state index >= 15 is 0 Å². The summed E-state index contributed by atoms with van der Waals surface area (Å²) in [5.41, 5.74) is 5.31. The molecule has 0 saturated heterocycles. The van der Waals surface area contributed by atoms with E-state index in [1.807, 2.05) is 0 Å². The Kier molecular flexibility index (Phi) is 4.47. The minimum absolute atomic E-state index is 0.0987. The molecule has 1 atom stereocenters. The molecule has 0 aliphatic rings. The SMILES string of the molecule is CC(C)OC(=O)[C@H](N)CS. The highest BCUT2D eigenvalue weighted by Crippen LogP contribution is 1.93. The maximum Gasteiger partial charge on any atom is 0.324 e. The van der Waals surface area contributed by atoms with Crippen LogP contribution in [0.25, 0.3) is 0 Å². The van der Waals surface area contributed by atoms with Crippen molar-refractivity contribution in [3.05, 3.63) is 0 Å². The van der Waals surface area contributed by atoms with Crippen LogP contribution in [0.15, 0.2) is 0 Å². The number of hydrogen-bond donors (Lipinski definition) is 2. The van der Waals surface area contributed by atoms with E-state index in [4.69, 9.17) is 10.5 Å². The van der Waals surface area contributed by atoms with Crippen LogP contribution in [0.2, 0.25) is 0 Å². The Labute approximate surface area is 66.3 Å². The van der Waals surface area contributed by atoms with E-state index < -0.39 is 6.04 Å². The van der Waals surface area contributed by atoms with Crippen molar-refractivity contribution in [1.29, 1.82) is 0 Å². The summed E-state index contributed by atoms with van der Waals surface area (Å²) in [5.74, 6) is -0.0593. The van der Waals surface area contributed by atoms with Crippen molar-refractivity contribution in [2.75, 3.05) is 5.75 Å². The van der Waals surface area contributed by atoms with Crippen LogP contribution in [-0.2, 0) is 9.53 Å². The smallest absolute Gasteiger partial charge is 0.324 e. The number of thiol groups is 1. The fourth-order valence-electron chi connectivity index (χ4n) is 0.394. The molecule has 0 aliphatic carbocycles. The van der Waals surface area contributed by atoms with Crippen molar-refractivity contribution in [1.82, 2.24) is 0 Å². The van der Waals surface area contributed by atoms with Crippen molar-refractivity contribution < 1.29 is 9.53 Å². The maximum absolute atomic E-state index is 10.8. The van der Waals surface area contributed by atoms with Crippen molar-refractivity contribution in [2.45, 2.75) is 26.0 Å². The molecule has 2 N–H and O–H groups in total. The van der Waals surface area contributed by atoms with E-state index in [1.165, 1.54) is 0 Å². The van der Waals surface area contributed by atoms with E-state index in [9.17, 15) is 4.79 Å². The van der Waals surface area contributed by atoms with E-state index in [0.29, 0.717) is 5.75 Å². The summed E-state index contributed by atoms with van der Waals surface area (Å²) < 4.78 is 4.79. The summed E-state index contributed by atoms with van der Waals surface area (Å²) in [4.78, 5) is 10.8. The number of nitrogens with two attached hydrogens (primary N) is 1. The zero-order valence-corrected chi connectivity index (χ0v) is 7.10. The number of ether oxygens (including phenoxy) is 1. The molecule has 0 aliphatic heterocycles. The van der Waals surface area contributed by atoms with Gasteiger partial charge in [-0.1, -0.05) is 0 Å². The van der Waals surface area contributed by atoms with Gasteiger partial charge in [-0.2, -0.15) is 12.6 Å². The first-order valence-electron chi connectivity index (χ1n) is 3.15. The van der Waals surface area contributed by atoms with Gasteiger partial charge in [-0.25, -0.2) is 0 Å². The maximum atomic E-state index is 10.8. The average Bonchev–Trinajstić information content (AvgIpc) is 1.85. The average molecular weight is 163 g/mol. The van der Waals surface area contributed by atoms with Gasteiger partial charge in [0.05, 0.1) is 6.10 Å². The first-order valence-corrected chi connectivity index (χ1v) is 3.78. The monoisotopic (exact) mass is 163 g/mol. The van der Waals surface area contributed by atoms with Crippen LogP contribution in [0.1, 0.15) is 13.8 Å². The molecule has 0 bridgehead atoms. The minimum Gasteiger partial charge on any atom is -0.462 e. The van der Waals surface area contributed by atoms with Crippen LogP contribution in [0.4, 0.5) is 0 Å². The van der Waals surface area contributed by atoms with Gasteiger partial charge >= 0.3 is 5.97 Å². The highest BCUT2D eigenvalue weighted by molar-refractivity contribution is 7.80. The summed E-state index contributed by atoms with van der Waals surface area (Å²) in [6.07, 6.45) is -0.0987. The van der Waals surface area contributed by atoms with Crippen LogP contribution in [0.5, 0.6) is 0 Å². The third-order valence-corrected chi connectivity index (χ3v) is 1.24. The van der Waals surface area contributed by atoms with E-state index in [0.717, 1.165) is 0 Å². The Morgan fingerprint density at radius 3 is 2.50 bits per heavy atom. The lowest BCUT2D eigenvalue weighted by atomic mass is 10.3. The topological polar surface area (TPSA) is 52.3 Å². The fraction of sp³-hybridized carbons (Fsp3) is 0.833. The Bertz CT molecular complexity index is 116. The normalized spacial score (nSPS) is 13.3. The van der Waals surface area contributed by atoms with Crippen LogP contribution in [0, 0.1) is 0 Å². The molecule has 0 aromatic carbocycles. The molecule has 0 rings (SSSR count). The molecule has 0 radical (unpaired) electrons. The van der Waals surface area contributed by atoms with Gasteiger partial charge in [0.25, 0.3) is 0 Å². The van der Waals surface area contributed by atoms with Crippen LogP contribution >= 0.6 is 12.6 Å². The minimum atomic E-state index is -0.592. The quantitative estimate of drug-likeness (QED) is 0.461. The third-order valence-electron chi connectivity index (χ3n) is 0.851. The molecule has 0 spiro atoms. The van der Waals surface area contributed by atoms with Crippen molar-refractivity contribution in [3.63, 3.8) is 0 Å². The lowest BCUT2D eigenvalue weighted by Crippen LogP contribution is -2.35. The fourth-order valence-corrected chi connectivity index (χ4v) is 0.543. The summed E-state index contributed by atoms with van der Waals surface area (Å²) in [6, 6.07) is -0.592. The van der Waals surface area contributed by atoms with Crippen molar-refractivity contribution in [2.24, 2.45) is 5.73 Å². The van der Waals surface area contributed by atoms with E-state index in [2.05, 4.69) is 12.6 Å². The van der Waals surface area contributed by atoms with Gasteiger partial charge < -0.3 is 10.5 Å². The summed E-state index contributed by atoms with van der Waals surface area (Å²) in [7, 11) is 0. The second-order valence-corrected chi connectivity index (χ2v) is 2.64. The second-order valence-electron chi connectivity index (χ2n) is 2.27. The van der Waals surface area contributed by atoms with E-state index in [-0.39, 0.29) is 12.1 Å². The highest BCUT2D eigenvalue weighted by atomic mass is 32.1. The second kappa shape index (κ2) is 4.57. The molecule has 0 aromatic heterocycles. The third kappa shape index (κ3) is 3.74. The Hall–Kier alpha value is -0.220. The van der Waals surface area contributed by atoms with Gasteiger partial charge in [0.1, 0.15) is 6.04 Å². The zero-order chi connectivity index (χ0) is 8.15. The van der Waals surface area contributed by atoms with Crippen LogP contribution in [-0.4, -0.2) is 23.9 Å². The largest absolute Gasteiger partial charge is 0.462 e. The molecule has 0 fully saturated rings. The Morgan fingerprint density at radius 1 is 1.70 bits per heavy atom. The molecule has 4 heteroatoms. The lowest BCUT2D eigenvalue weighted by molar-refractivity contribution is -0.148. The molecule has 3 nitrogen and oxygen atoms in total. The van der Waals surface area contributed by atoms with Gasteiger partial charge in [0.15, 0.2) is 0 Å². The standard InChI is InChI=1S/C6H13NO2S/c1-4(2)9-6(8)5(7)3-10/h4-5,10H,3,7H2,1-2H3/t5-/m1/s1. The zero-order valence-electron chi connectivity index (χ0n) is 6.20. The van der Waals surface area contributed by atoms with Gasteiger partial charge in [-0.3, -0.25) is 4.79 Å². The van der Waals surface area contributed by atoms with Crippen LogP contribution in [0.3, 0.4) is 0 Å². The molecule has 0 aromatic rings. The first-order chi connectivity index (χ1) is 4.57. The number of rotatable bonds is 3. The van der Waals surface area contributed by atoms with Crippen molar-refractivity contribution in [3.8, 4) is 0 Å². The van der Waals surface area contributed by atoms with Gasteiger partial charge in [0.2, 0.25) is 0 Å². The van der Waals surface area contributed by atoms with E-state index in [1.54, 1.807) is 13.8 Å². The van der Waals surface area contributed by atoms with Gasteiger partial charge in [0, 0.05) is 5.75 Å². The number of carbonyl (C=O) groups excluding carboxylic acids is 1. The number of carbonyl (C=O) groups is 1. The molecule has 0 unspecified atom stereocenters. The first kappa shape index (κ1) is 9.78. The number of esters is 1. The molecule has 0 amide bonds. The molecule has 0 saturated carbocycles. The Morgan fingerprint density at radius 2 is 2.20 bits per heavy atom. The van der Waals surface area contributed by atoms with Gasteiger partial charge in [-0.15, -0.1) is 0 Å². The summed E-state index contributed by atoms with van der Waals surface area (Å²) in [5, 5.41) is 0. The van der Waals surface area contributed by atoms with Crippen molar-refractivity contribution >= 4 is 18.6 Å². The summed E-state index contributed by atoms with van der Waals surface area (Å²) >= 11 is 3.85. The summed E-state index contributed by atoms with van der Waals surface area (Å²) in [6.45, 7) is 3.56. The predicted octanol–water partition coefficient (Wildman–Crippen LogP) is 0.195. The predicted molar refractivity (Wildman–Crippen MR) is 43.1 cm³/mol. The Balaban J connectivity index is 3.62. The molecular weight excluding hydrogens is 150 g/mol. The molecule has 0 heterocycles. The highest BCUT2D eigenvalue weighted by Gasteiger charge is 2.13. The van der Waals surface area contributed by atoms with Gasteiger partial charge in [-0.05, 0) is 13.8 Å². The molecule has 60 valence electrons. The van der Waals surface area contributed by atoms with Crippen LogP contribution < -0.4 is 5.73 Å². The lowest BCUT2D eigenvalue weighted by Gasteiger charge is -2.10.